The Hall–Kier alpha value is 0.470. The molecule has 0 saturated heterocycles. The SMILES string of the molecule is CCCCCCCCCCCCCCCCCCCCCCCC(=O)O.[Na]. The molecule has 0 bridgehead atoms. The Morgan fingerprint density at radius 2 is 0.704 bits per heavy atom. The van der Waals surface area contributed by atoms with E-state index in [9.17, 15) is 4.79 Å². The molecule has 157 valence electrons. The summed E-state index contributed by atoms with van der Waals surface area (Å²) < 4.78 is 0. The molecular formula is C24H48NaO2. The van der Waals surface area contributed by atoms with E-state index in [1.54, 1.807) is 0 Å². The molecule has 0 heterocycles. The van der Waals surface area contributed by atoms with Crippen molar-refractivity contribution >= 4 is 35.5 Å². The molecule has 0 aromatic carbocycles. The topological polar surface area (TPSA) is 37.3 Å². The minimum atomic E-state index is -0.650. The van der Waals surface area contributed by atoms with Crippen LogP contribution in [0.15, 0.2) is 0 Å². The standard InChI is InChI=1S/C24H48O2.Na/c1-2-3-4-5-6-7-8-9-10-11-12-13-14-15-16-17-18-19-20-21-22-23-24(25)26;/h2-23H2,1H3,(H,25,26);. The van der Waals surface area contributed by atoms with Gasteiger partial charge in [-0.1, -0.05) is 135 Å². The van der Waals surface area contributed by atoms with Gasteiger partial charge in [0.05, 0.1) is 0 Å². The van der Waals surface area contributed by atoms with Crippen molar-refractivity contribution in [3.05, 3.63) is 0 Å². The van der Waals surface area contributed by atoms with E-state index < -0.39 is 5.97 Å². The fraction of sp³-hybridized carbons (Fsp3) is 0.958. The average Bonchev–Trinajstić information content (AvgIpc) is 2.62. The van der Waals surface area contributed by atoms with Gasteiger partial charge in [0.2, 0.25) is 0 Å². The quantitative estimate of drug-likeness (QED) is 0.149. The first-order valence-corrected chi connectivity index (χ1v) is 12.0. The molecule has 0 amide bonds. The predicted octanol–water partition coefficient (Wildman–Crippen LogP) is 8.29. The molecule has 0 aromatic heterocycles. The Balaban J connectivity index is 0. The molecule has 0 unspecified atom stereocenters. The van der Waals surface area contributed by atoms with Crippen LogP contribution in [0.25, 0.3) is 0 Å². The van der Waals surface area contributed by atoms with Crippen LogP contribution in [0.4, 0.5) is 0 Å². The Kier molecular flexibility index (Phi) is 29.1. The van der Waals surface area contributed by atoms with E-state index in [0.29, 0.717) is 6.42 Å². The largest absolute Gasteiger partial charge is 0.481 e. The van der Waals surface area contributed by atoms with Gasteiger partial charge in [-0.15, -0.1) is 0 Å². The van der Waals surface area contributed by atoms with E-state index in [1.807, 2.05) is 0 Å². The molecule has 0 atom stereocenters. The maximum atomic E-state index is 10.4. The third-order valence-electron chi connectivity index (χ3n) is 5.49. The number of aliphatic carboxylic acids is 1. The molecule has 0 spiro atoms. The van der Waals surface area contributed by atoms with Gasteiger partial charge in [-0.25, -0.2) is 0 Å². The monoisotopic (exact) mass is 391 g/mol. The molecule has 0 fully saturated rings. The van der Waals surface area contributed by atoms with Gasteiger partial charge in [-0.3, -0.25) is 4.79 Å². The van der Waals surface area contributed by atoms with Crippen molar-refractivity contribution in [1.82, 2.24) is 0 Å². The van der Waals surface area contributed by atoms with Gasteiger partial charge >= 0.3 is 5.97 Å². The first kappa shape index (κ1) is 29.7. The summed E-state index contributed by atoms with van der Waals surface area (Å²) in [5.74, 6) is -0.650. The van der Waals surface area contributed by atoms with E-state index in [2.05, 4.69) is 6.92 Å². The maximum Gasteiger partial charge on any atom is 0.303 e. The van der Waals surface area contributed by atoms with E-state index in [4.69, 9.17) is 5.11 Å². The second-order valence-electron chi connectivity index (χ2n) is 8.21. The first-order valence-electron chi connectivity index (χ1n) is 12.0. The first-order chi connectivity index (χ1) is 12.8. The van der Waals surface area contributed by atoms with Crippen molar-refractivity contribution in [2.45, 2.75) is 148 Å². The second kappa shape index (κ2) is 26.5. The van der Waals surface area contributed by atoms with Crippen LogP contribution in [0.3, 0.4) is 0 Å². The van der Waals surface area contributed by atoms with Gasteiger partial charge < -0.3 is 5.11 Å². The Morgan fingerprint density at radius 3 is 0.926 bits per heavy atom. The zero-order valence-corrected chi connectivity index (χ0v) is 20.9. The molecule has 0 aliphatic rings. The van der Waals surface area contributed by atoms with Gasteiger partial charge in [0.25, 0.3) is 0 Å². The summed E-state index contributed by atoms with van der Waals surface area (Å²) in [6.45, 7) is 2.29. The van der Waals surface area contributed by atoms with E-state index in [1.165, 1.54) is 122 Å². The van der Waals surface area contributed by atoms with Gasteiger partial charge in [0.1, 0.15) is 0 Å². The number of hydrogen-bond acceptors (Lipinski definition) is 1. The van der Waals surface area contributed by atoms with Crippen LogP contribution in [0.5, 0.6) is 0 Å². The van der Waals surface area contributed by atoms with Crippen molar-refractivity contribution in [3.8, 4) is 0 Å². The van der Waals surface area contributed by atoms with Gasteiger partial charge in [0.15, 0.2) is 0 Å². The third-order valence-corrected chi connectivity index (χ3v) is 5.49. The molecule has 0 saturated carbocycles. The zero-order chi connectivity index (χ0) is 19.1. The summed E-state index contributed by atoms with van der Waals surface area (Å²) in [7, 11) is 0. The number of unbranched alkanes of at least 4 members (excludes halogenated alkanes) is 20. The van der Waals surface area contributed by atoms with Crippen LogP contribution >= 0.6 is 0 Å². The van der Waals surface area contributed by atoms with Gasteiger partial charge in [-0.05, 0) is 6.42 Å². The molecule has 1 radical (unpaired) electrons. The molecule has 27 heavy (non-hydrogen) atoms. The summed E-state index contributed by atoms with van der Waals surface area (Å²) in [5.41, 5.74) is 0. The molecule has 1 N–H and O–H groups in total. The fourth-order valence-corrected chi connectivity index (χ4v) is 3.71. The number of carboxylic acid groups (broad SMARTS) is 1. The smallest absolute Gasteiger partial charge is 0.303 e. The second-order valence-corrected chi connectivity index (χ2v) is 8.21. The van der Waals surface area contributed by atoms with Crippen LogP contribution in [0.1, 0.15) is 148 Å². The number of carbonyl (C=O) groups is 1. The van der Waals surface area contributed by atoms with Crippen LogP contribution in [-0.4, -0.2) is 40.6 Å². The Labute approximate surface area is 193 Å². The Bertz CT molecular complexity index is 282. The average molecular weight is 392 g/mol. The van der Waals surface area contributed by atoms with E-state index in [-0.39, 0.29) is 29.6 Å². The molecule has 2 nitrogen and oxygen atoms in total. The molecule has 0 aliphatic carbocycles. The maximum absolute atomic E-state index is 10.4. The summed E-state index contributed by atoms with van der Waals surface area (Å²) in [6.07, 6.45) is 29.1. The predicted molar refractivity (Wildman–Crippen MR) is 121 cm³/mol. The van der Waals surface area contributed by atoms with Crippen molar-refractivity contribution in [2.24, 2.45) is 0 Å². The number of carboxylic acids is 1. The van der Waals surface area contributed by atoms with Crippen molar-refractivity contribution in [2.75, 3.05) is 0 Å². The minimum Gasteiger partial charge on any atom is -0.481 e. The minimum absolute atomic E-state index is 0. The van der Waals surface area contributed by atoms with Crippen LogP contribution in [0.2, 0.25) is 0 Å². The van der Waals surface area contributed by atoms with E-state index in [0.717, 1.165) is 12.8 Å². The zero-order valence-electron chi connectivity index (χ0n) is 18.9. The molecule has 0 rings (SSSR count). The third kappa shape index (κ3) is 28.8. The number of rotatable bonds is 22. The normalized spacial score (nSPS) is 10.7. The molecule has 0 aliphatic heterocycles. The summed E-state index contributed by atoms with van der Waals surface area (Å²) in [4.78, 5) is 10.4. The Morgan fingerprint density at radius 1 is 0.481 bits per heavy atom. The van der Waals surface area contributed by atoms with Gasteiger partial charge in [0, 0.05) is 36.0 Å². The molecular weight excluding hydrogens is 343 g/mol. The molecule has 0 aromatic rings. The van der Waals surface area contributed by atoms with Crippen molar-refractivity contribution in [1.29, 1.82) is 0 Å². The van der Waals surface area contributed by atoms with Crippen LogP contribution < -0.4 is 0 Å². The van der Waals surface area contributed by atoms with Crippen molar-refractivity contribution in [3.63, 3.8) is 0 Å². The summed E-state index contributed by atoms with van der Waals surface area (Å²) in [5, 5.41) is 8.57. The molecule has 3 heteroatoms. The van der Waals surface area contributed by atoms with Crippen LogP contribution in [0, 0.1) is 0 Å². The van der Waals surface area contributed by atoms with Crippen molar-refractivity contribution < 1.29 is 9.90 Å². The van der Waals surface area contributed by atoms with E-state index >= 15 is 0 Å². The summed E-state index contributed by atoms with van der Waals surface area (Å²) in [6, 6.07) is 0. The summed E-state index contributed by atoms with van der Waals surface area (Å²) >= 11 is 0. The number of hydrogen-bond donors (Lipinski definition) is 1. The fourth-order valence-electron chi connectivity index (χ4n) is 3.71. The van der Waals surface area contributed by atoms with Crippen LogP contribution in [-0.2, 0) is 4.79 Å². The van der Waals surface area contributed by atoms with Gasteiger partial charge in [-0.2, -0.15) is 0 Å².